The first-order chi connectivity index (χ1) is 8.94. The lowest BCUT2D eigenvalue weighted by Gasteiger charge is -2.09. The maximum absolute atomic E-state index is 12.2. The zero-order chi connectivity index (χ0) is 14.0. The van der Waals surface area contributed by atoms with Gasteiger partial charge in [0.2, 0.25) is 0 Å². The smallest absolute Gasteiger partial charge is 0.279 e. The molecule has 2 aromatic rings. The number of benzene rings is 1. The highest BCUT2D eigenvalue weighted by molar-refractivity contribution is 9.10. The second kappa shape index (κ2) is 5.49. The van der Waals surface area contributed by atoms with Crippen LogP contribution < -0.4 is 10.5 Å². The topological polar surface area (TPSA) is 101 Å². The summed E-state index contributed by atoms with van der Waals surface area (Å²) >= 11 is 9.21. The molecule has 102 valence electrons. The lowest BCUT2D eigenvalue weighted by molar-refractivity contribution is 0.596. The van der Waals surface area contributed by atoms with Crippen LogP contribution in [0.15, 0.2) is 33.9 Å². The van der Waals surface area contributed by atoms with Gasteiger partial charge in [0.1, 0.15) is 0 Å². The summed E-state index contributed by atoms with van der Waals surface area (Å²) in [6, 6.07) is 4.83. The lowest BCUT2D eigenvalue weighted by Crippen LogP contribution is -2.16. The van der Waals surface area contributed by atoms with Crippen molar-refractivity contribution in [1.82, 2.24) is 10.2 Å². The van der Waals surface area contributed by atoms with E-state index in [2.05, 4.69) is 30.8 Å². The van der Waals surface area contributed by atoms with Crippen LogP contribution in [0.4, 0.5) is 5.69 Å². The Labute approximate surface area is 123 Å². The summed E-state index contributed by atoms with van der Waals surface area (Å²) in [7, 11) is -3.80. The molecule has 0 aliphatic rings. The number of nitrogens with zero attached hydrogens (tertiary/aromatic N) is 1. The van der Waals surface area contributed by atoms with Crippen LogP contribution in [0.3, 0.4) is 0 Å². The number of nitrogens with one attached hydrogen (secondary N) is 2. The van der Waals surface area contributed by atoms with Crippen molar-refractivity contribution >= 4 is 43.2 Å². The van der Waals surface area contributed by atoms with Gasteiger partial charge < -0.3 is 5.73 Å². The van der Waals surface area contributed by atoms with Gasteiger partial charge in [0.15, 0.2) is 5.03 Å². The average Bonchev–Trinajstić information content (AvgIpc) is 2.82. The Balaban J connectivity index is 2.37. The van der Waals surface area contributed by atoms with E-state index in [4.69, 9.17) is 17.3 Å². The Morgan fingerprint density at radius 1 is 1.47 bits per heavy atom. The highest BCUT2D eigenvalue weighted by Crippen LogP contribution is 2.27. The quantitative estimate of drug-likeness (QED) is 0.772. The summed E-state index contributed by atoms with van der Waals surface area (Å²) in [4.78, 5) is 0. The number of nitrogens with two attached hydrogens (primary N) is 1. The highest BCUT2D eigenvalue weighted by atomic mass is 79.9. The molecular formula is C10H10BrClN4O2S. The lowest BCUT2D eigenvalue weighted by atomic mass is 10.3. The Hall–Kier alpha value is -1.09. The normalized spacial score (nSPS) is 11.5. The van der Waals surface area contributed by atoms with Gasteiger partial charge in [0.05, 0.1) is 16.9 Å². The predicted octanol–water partition coefficient (Wildman–Crippen LogP) is 2.09. The van der Waals surface area contributed by atoms with Crippen molar-refractivity contribution in [2.24, 2.45) is 5.73 Å². The van der Waals surface area contributed by atoms with Gasteiger partial charge in [-0.25, -0.2) is 0 Å². The average molecular weight is 366 g/mol. The van der Waals surface area contributed by atoms with Crippen molar-refractivity contribution in [2.45, 2.75) is 11.6 Å². The van der Waals surface area contributed by atoms with Crippen molar-refractivity contribution in [3.63, 3.8) is 0 Å². The van der Waals surface area contributed by atoms with E-state index in [0.29, 0.717) is 5.56 Å². The molecule has 1 aromatic carbocycles. The Kier molecular flexibility index (Phi) is 4.14. The fourth-order valence-electron chi connectivity index (χ4n) is 1.45. The summed E-state index contributed by atoms with van der Waals surface area (Å²) in [5, 5.41) is 6.31. The first-order valence-electron chi connectivity index (χ1n) is 5.14. The molecular weight excluding hydrogens is 356 g/mol. The molecule has 0 fully saturated rings. The molecule has 9 heteroatoms. The van der Waals surface area contributed by atoms with Crippen molar-refractivity contribution in [2.75, 3.05) is 4.72 Å². The third-order valence-electron chi connectivity index (χ3n) is 2.34. The molecule has 0 radical (unpaired) electrons. The standard InChI is InChI=1S/C10H10BrClN4O2S/c11-7-1-2-9(8(12)3-7)16-19(17,18)10-6(4-13)5-14-15-10/h1-3,5,16H,4,13H2,(H,14,15). The first-order valence-corrected chi connectivity index (χ1v) is 7.79. The summed E-state index contributed by atoms with van der Waals surface area (Å²) in [5.74, 6) is 0. The van der Waals surface area contributed by atoms with Crippen molar-refractivity contribution < 1.29 is 8.42 Å². The highest BCUT2D eigenvalue weighted by Gasteiger charge is 2.21. The second-order valence-electron chi connectivity index (χ2n) is 3.66. The minimum atomic E-state index is -3.80. The largest absolute Gasteiger partial charge is 0.326 e. The van der Waals surface area contributed by atoms with Crippen LogP contribution in [0.25, 0.3) is 0 Å². The molecule has 0 unspecified atom stereocenters. The number of aromatic amines is 1. The molecule has 0 spiro atoms. The van der Waals surface area contributed by atoms with E-state index in [9.17, 15) is 8.42 Å². The van der Waals surface area contributed by atoms with Gasteiger partial charge in [-0.3, -0.25) is 9.82 Å². The van der Waals surface area contributed by atoms with Crippen LogP contribution in [0.1, 0.15) is 5.56 Å². The van der Waals surface area contributed by atoms with E-state index in [1.807, 2.05) is 0 Å². The van der Waals surface area contributed by atoms with Gasteiger partial charge in [-0.15, -0.1) is 0 Å². The number of aromatic nitrogens is 2. The number of sulfonamides is 1. The minimum Gasteiger partial charge on any atom is -0.326 e. The van der Waals surface area contributed by atoms with Gasteiger partial charge in [0.25, 0.3) is 10.0 Å². The van der Waals surface area contributed by atoms with Crippen molar-refractivity contribution in [3.05, 3.63) is 39.5 Å². The fraction of sp³-hybridized carbons (Fsp3) is 0.100. The molecule has 6 nitrogen and oxygen atoms in total. The Morgan fingerprint density at radius 3 is 2.84 bits per heavy atom. The van der Waals surface area contributed by atoms with Crippen LogP contribution in [-0.4, -0.2) is 18.6 Å². The number of H-pyrrole nitrogens is 1. The third-order valence-corrected chi connectivity index (χ3v) is 4.53. The Morgan fingerprint density at radius 2 is 2.21 bits per heavy atom. The molecule has 0 atom stereocenters. The van der Waals surface area contributed by atoms with E-state index in [1.165, 1.54) is 6.20 Å². The molecule has 19 heavy (non-hydrogen) atoms. The third kappa shape index (κ3) is 3.08. The first kappa shape index (κ1) is 14.3. The number of rotatable bonds is 4. The predicted molar refractivity (Wildman–Crippen MR) is 76.4 cm³/mol. The molecule has 0 bridgehead atoms. The zero-order valence-corrected chi connectivity index (χ0v) is 12.7. The van der Waals surface area contributed by atoms with Gasteiger partial charge >= 0.3 is 0 Å². The number of hydrogen-bond donors (Lipinski definition) is 3. The van der Waals surface area contributed by atoms with Gasteiger partial charge in [-0.2, -0.15) is 13.5 Å². The molecule has 2 rings (SSSR count). The SMILES string of the molecule is NCc1cn[nH]c1S(=O)(=O)Nc1ccc(Br)cc1Cl. The van der Waals surface area contributed by atoms with Crippen LogP contribution >= 0.6 is 27.5 Å². The van der Waals surface area contributed by atoms with Gasteiger partial charge in [0, 0.05) is 16.6 Å². The monoisotopic (exact) mass is 364 g/mol. The summed E-state index contributed by atoms with van der Waals surface area (Å²) in [5.41, 5.74) is 6.13. The van der Waals surface area contributed by atoms with Crippen LogP contribution in [0.2, 0.25) is 5.02 Å². The second-order valence-corrected chi connectivity index (χ2v) is 6.60. The van der Waals surface area contributed by atoms with Crippen LogP contribution in [0.5, 0.6) is 0 Å². The van der Waals surface area contributed by atoms with E-state index < -0.39 is 10.0 Å². The molecule has 0 amide bonds. The van der Waals surface area contributed by atoms with Crippen LogP contribution in [0, 0.1) is 0 Å². The van der Waals surface area contributed by atoms with E-state index in [0.717, 1.165) is 4.47 Å². The molecule has 0 aliphatic carbocycles. The van der Waals surface area contributed by atoms with E-state index in [1.54, 1.807) is 18.2 Å². The summed E-state index contributed by atoms with van der Waals surface area (Å²) in [6.45, 7) is 0.0703. The number of halogens is 2. The van der Waals surface area contributed by atoms with Crippen molar-refractivity contribution in [3.8, 4) is 0 Å². The van der Waals surface area contributed by atoms with Gasteiger partial charge in [-0.1, -0.05) is 27.5 Å². The van der Waals surface area contributed by atoms with Crippen molar-refractivity contribution in [1.29, 1.82) is 0 Å². The minimum absolute atomic E-state index is 0.0611. The molecule has 4 N–H and O–H groups in total. The van der Waals surface area contributed by atoms with Crippen LogP contribution in [-0.2, 0) is 16.6 Å². The molecule has 0 saturated carbocycles. The fourth-order valence-corrected chi connectivity index (χ4v) is 3.45. The maximum Gasteiger partial charge on any atom is 0.279 e. The Bertz CT molecular complexity index is 701. The molecule has 1 aromatic heterocycles. The maximum atomic E-state index is 12.2. The number of anilines is 1. The van der Waals surface area contributed by atoms with E-state index >= 15 is 0 Å². The molecule has 1 heterocycles. The summed E-state index contributed by atoms with van der Waals surface area (Å²) in [6.07, 6.45) is 1.37. The zero-order valence-electron chi connectivity index (χ0n) is 9.52. The van der Waals surface area contributed by atoms with E-state index in [-0.39, 0.29) is 22.3 Å². The van der Waals surface area contributed by atoms with Gasteiger partial charge in [-0.05, 0) is 18.2 Å². The molecule has 0 saturated heterocycles. The summed E-state index contributed by atoms with van der Waals surface area (Å²) < 4.78 is 27.5. The molecule has 0 aliphatic heterocycles. The number of hydrogen-bond acceptors (Lipinski definition) is 4.